The van der Waals surface area contributed by atoms with Crippen molar-refractivity contribution in [2.75, 3.05) is 0 Å². The number of benzene rings is 4. The van der Waals surface area contributed by atoms with Gasteiger partial charge in [0.05, 0.1) is 0 Å². The summed E-state index contributed by atoms with van der Waals surface area (Å²) in [4.78, 5) is 0. The molecule has 0 atom stereocenters. The van der Waals surface area contributed by atoms with E-state index in [0.717, 1.165) is 27.8 Å². The van der Waals surface area contributed by atoms with E-state index in [9.17, 15) is 15.3 Å². The van der Waals surface area contributed by atoms with E-state index in [4.69, 9.17) is 0 Å². The molecule has 0 aliphatic carbocycles. The highest BCUT2D eigenvalue weighted by Gasteiger charge is 2.25. The minimum absolute atomic E-state index is 0.227. The molecular formula is C29H28O3. The molecule has 162 valence electrons. The lowest BCUT2D eigenvalue weighted by Gasteiger charge is -2.28. The highest BCUT2D eigenvalue weighted by molar-refractivity contribution is 5.52. The van der Waals surface area contributed by atoms with Gasteiger partial charge >= 0.3 is 0 Å². The van der Waals surface area contributed by atoms with Crippen LogP contribution in [0.1, 0.15) is 47.2 Å². The van der Waals surface area contributed by atoms with Crippen LogP contribution in [0.5, 0.6) is 17.2 Å². The van der Waals surface area contributed by atoms with Crippen LogP contribution >= 0.6 is 0 Å². The number of phenolic OH excluding ortho intramolecular Hbond substituents is 3. The Morgan fingerprint density at radius 1 is 0.562 bits per heavy atom. The number of rotatable bonds is 6. The molecule has 0 radical (unpaired) electrons. The average molecular weight is 425 g/mol. The first-order valence-corrected chi connectivity index (χ1v) is 10.8. The van der Waals surface area contributed by atoms with Crippen LogP contribution in [-0.4, -0.2) is 15.3 Å². The van der Waals surface area contributed by atoms with E-state index in [-0.39, 0.29) is 16.9 Å². The second-order valence-corrected chi connectivity index (χ2v) is 8.82. The van der Waals surface area contributed by atoms with Crippen molar-refractivity contribution >= 4 is 0 Å². The number of hydrogen-bond donors (Lipinski definition) is 3. The lowest BCUT2D eigenvalue weighted by atomic mass is 9.76. The highest BCUT2D eigenvalue weighted by Crippen LogP contribution is 2.37. The molecule has 0 saturated heterocycles. The van der Waals surface area contributed by atoms with Crippen LogP contribution in [0.2, 0.25) is 0 Å². The van der Waals surface area contributed by atoms with E-state index in [1.807, 2.05) is 42.5 Å². The van der Waals surface area contributed by atoms with Crippen LogP contribution in [0, 0.1) is 0 Å². The first kappa shape index (κ1) is 21.5. The van der Waals surface area contributed by atoms with E-state index in [1.165, 1.54) is 5.56 Å². The first-order chi connectivity index (χ1) is 15.3. The third kappa shape index (κ3) is 4.62. The summed E-state index contributed by atoms with van der Waals surface area (Å²) in [6.07, 6.45) is 1.13. The number of phenols is 3. The highest BCUT2D eigenvalue weighted by atomic mass is 16.3. The van der Waals surface area contributed by atoms with Gasteiger partial charge in [0.25, 0.3) is 0 Å². The maximum Gasteiger partial charge on any atom is 0.122 e. The zero-order valence-electron chi connectivity index (χ0n) is 18.4. The SMILES string of the molecule is CC(C)(c1ccccc1)c1cc(Cc2ccc(O)cc2)c(O)c(Cc2ccc(O)cc2)c1. The number of aromatic hydroxyl groups is 3. The van der Waals surface area contributed by atoms with Crippen LogP contribution in [0.4, 0.5) is 0 Å². The molecule has 0 saturated carbocycles. The molecule has 0 bridgehead atoms. The van der Waals surface area contributed by atoms with Gasteiger partial charge in [0, 0.05) is 18.3 Å². The van der Waals surface area contributed by atoms with Gasteiger partial charge in [-0.15, -0.1) is 0 Å². The fraction of sp³-hybridized carbons (Fsp3) is 0.172. The molecule has 0 spiro atoms. The monoisotopic (exact) mass is 424 g/mol. The van der Waals surface area contributed by atoms with Gasteiger partial charge < -0.3 is 15.3 Å². The molecule has 0 aliphatic heterocycles. The summed E-state index contributed by atoms with van der Waals surface area (Å²) in [7, 11) is 0. The smallest absolute Gasteiger partial charge is 0.122 e. The summed E-state index contributed by atoms with van der Waals surface area (Å²) in [5, 5.41) is 30.4. The predicted molar refractivity (Wildman–Crippen MR) is 129 cm³/mol. The normalized spacial score (nSPS) is 11.4. The largest absolute Gasteiger partial charge is 0.508 e. The minimum Gasteiger partial charge on any atom is -0.508 e. The number of hydrogen-bond acceptors (Lipinski definition) is 3. The van der Waals surface area contributed by atoms with Crippen molar-refractivity contribution in [1.82, 2.24) is 0 Å². The third-order valence-corrected chi connectivity index (χ3v) is 6.15. The topological polar surface area (TPSA) is 60.7 Å². The molecule has 4 aromatic rings. The van der Waals surface area contributed by atoms with Crippen molar-refractivity contribution in [3.05, 3.63) is 124 Å². The van der Waals surface area contributed by atoms with Crippen molar-refractivity contribution in [1.29, 1.82) is 0 Å². The minimum atomic E-state index is -0.248. The second-order valence-electron chi connectivity index (χ2n) is 8.82. The molecule has 0 unspecified atom stereocenters. The maximum atomic E-state index is 11.2. The van der Waals surface area contributed by atoms with Crippen LogP contribution in [0.3, 0.4) is 0 Å². The Kier molecular flexibility index (Phi) is 5.91. The van der Waals surface area contributed by atoms with Crippen LogP contribution in [-0.2, 0) is 18.3 Å². The molecule has 3 nitrogen and oxygen atoms in total. The standard InChI is InChI=1S/C29H28O3/c1-29(2,24-6-4-3-5-7-24)25-18-22(16-20-8-12-26(30)13-9-20)28(32)23(19-25)17-21-10-14-27(31)15-11-21/h3-15,18-19,30-32H,16-17H2,1-2H3. The van der Waals surface area contributed by atoms with E-state index >= 15 is 0 Å². The van der Waals surface area contributed by atoms with Crippen LogP contribution < -0.4 is 0 Å². The lowest BCUT2D eigenvalue weighted by Crippen LogP contribution is -2.19. The Balaban J connectivity index is 1.80. The summed E-state index contributed by atoms with van der Waals surface area (Å²) in [5.41, 5.74) is 5.83. The molecule has 0 aromatic heterocycles. The molecule has 4 rings (SSSR count). The van der Waals surface area contributed by atoms with Crippen molar-refractivity contribution in [2.24, 2.45) is 0 Å². The van der Waals surface area contributed by atoms with Crippen molar-refractivity contribution in [2.45, 2.75) is 32.1 Å². The van der Waals surface area contributed by atoms with Crippen LogP contribution in [0.15, 0.2) is 91.0 Å². The molecular weight excluding hydrogens is 396 g/mol. The van der Waals surface area contributed by atoms with E-state index in [2.05, 4.69) is 38.1 Å². The average Bonchev–Trinajstić information content (AvgIpc) is 2.80. The lowest BCUT2D eigenvalue weighted by molar-refractivity contribution is 0.462. The van der Waals surface area contributed by atoms with Crippen molar-refractivity contribution < 1.29 is 15.3 Å². The Morgan fingerprint density at radius 2 is 1.00 bits per heavy atom. The predicted octanol–water partition coefficient (Wildman–Crippen LogP) is 6.31. The van der Waals surface area contributed by atoms with Crippen LogP contribution in [0.25, 0.3) is 0 Å². The molecule has 3 N–H and O–H groups in total. The fourth-order valence-electron chi connectivity index (χ4n) is 4.08. The Morgan fingerprint density at radius 3 is 1.44 bits per heavy atom. The maximum absolute atomic E-state index is 11.2. The third-order valence-electron chi connectivity index (χ3n) is 6.15. The van der Waals surface area contributed by atoms with E-state index in [1.54, 1.807) is 24.3 Å². The van der Waals surface area contributed by atoms with Gasteiger partial charge in [-0.25, -0.2) is 0 Å². The molecule has 32 heavy (non-hydrogen) atoms. The van der Waals surface area contributed by atoms with Crippen molar-refractivity contribution in [3.63, 3.8) is 0 Å². The molecule has 0 fully saturated rings. The Bertz CT molecular complexity index is 1120. The van der Waals surface area contributed by atoms with Gasteiger partial charge in [-0.1, -0.05) is 80.6 Å². The molecule has 0 aliphatic rings. The molecule has 0 amide bonds. The summed E-state index contributed by atoms with van der Waals surface area (Å²) in [5.74, 6) is 0.744. The van der Waals surface area contributed by atoms with Gasteiger partial charge in [0.15, 0.2) is 0 Å². The van der Waals surface area contributed by atoms with Gasteiger partial charge in [-0.05, 0) is 57.6 Å². The molecule has 4 aromatic carbocycles. The summed E-state index contributed by atoms with van der Waals surface area (Å²) >= 11 is 0. The molecule has 3 heteroatoms. The van der Waals surface area contributed by atoms with E-state index < -0.39 is 0 Å². The zero-order chi connectivity index (χ0) is 22.7. The summed E-state index contributed by atoms with van der Waals surface area (Å²) in [6.45, 7) is 4.40. The second kappa shape index (κ2) is 8.80. The Hall–Kier alpha value is -3.72. The van der Waals surface area contributed by atoms with Gasteiger partial charge in [0.1, 0.15) is 17.2 Å². The summed E-state index contributed by atoms with van der Waals surface area (Å²) in [6, 6.07) is 28.7. The van der Waals surface area contributed by atoms with Crippen molar-refractivity contribution in [3.8, 4) is 17.2 Å². The summed E-state index contributed by atoms with van der Waals surface area (Å²) < 4.78 is 0. The quantitative estimate of drug-likeness (QED) is 0.340. The molecule has 0 heterocycles. The Labute approximate surface area is 189 Å². The van der Waals surface area contributed by atoms with Gasteiger partial charge in [-0.2, -0.15) is 0 Å². The van der Waals surface area contributed by atoms with E-state index in [0.29, 0.717) is 18.6 Å². The zero-order valence-corrected chi connectivity index (χ0v) is 18.4. The van der Waals surface area contributed by atoms with Gasteiger partial charge in [0.2, 0.25) is 0 Å². The first-order valence-electron chi connectivity index (χ1n) is 10.8. The van der Waals surface area contributed by atoms with Gasteiger partial charge in [-0.3, -0.25) is 0 Å². The fourth-order valence-corrected chi connectivity index (χ4v) is 4.08.